The van der Waals surface area contributed by atoms with Crippen LogP contribution >= 0.6 is 11.3 Å². The van der Waals surface area contributed by atoms with Gasteiger partial charge in [-0.15, -0.1) is 11.3 Å². The summed E-state index contributed by atoms with van der Waals surface area (Å²) in [5.74, 6) is -0.000417. The van der Waals surface area contributed by atoms with Crippen molar-refractivity contribution in [3.05, 3.63) is 33.3 Å². The molecule has 0 saturated heterocycles. The molecule has 1 aliphatic rings. The van der Waals surface area contributed by atoms with Gasteiger partial charge in [-0.2, -0.15) is 0 Å². The van der Waals surface area contributed by atoms with Crippen LogP contribution in [0, 0.1) is 13.8 Å². The molecule has 0 aromatic carbocycles. The molecule has 118 valence electrons. The quantitative estimate of drug-likeness (QED) is 0.728. The van der Waals surface area contributed by atoms with E-state index in [2.05, 4.69) is 32.5 Å². The molecule has 1 aliphatic heterocycles. The summed E-state index contributed by atoms with van der Waals surface area (Å²) in [6.45, 7) is 5.58. The Bertz CT molecular complexity index is 643. The largest absolute Gasteiger partial charge is 0.354 e. The van der Waals surface area contributed by atoms with Gasteiger partial charge < -0.3 is 15.6 Å². The van der Waals surface area contributed by atoms with Gasteiger partial charge in [-0.25, -0.2) is 9.97 Å². The van der Waals surface area contributed by atoms with E-state index >= 15 is 0 Å². The first-order valence-electron chi connectivity index (χ1n) is 7.61. The second-order valence-corrected chi connectivity index (χ2v) is 6.83. The highest BCUT2D eigenvalue weighted by atomic mass is 32.1. The van der Waals surface area contributed by atoms with E-state index in [0.29, 0.717) is 6.54 Å². The van der Waals surface area contributed by atoms with Crippen molar-refractivity contribution in [1.29, 1.82) is 0 Å². The Morgan fingerprint density at radius 3 is 3.14 bits per heavy atom. The van der Waals surface area contributed by atoms with Crippen molar-refractivity contribution in [2.45, 2.75) is 39.2 Å². The monoisotopic (exact) mass is 319 g/mol. The van der Waals surface area contributed by atoms with Gasteiger partial charge in [-0.1, -0.05) is 0 Å². The van der Waals surface area contributed by atoms with Gasteiger partial charge in [0.15, 0.2) is 0 Å². The number of thiazole rings is 1. The lowest BCUT2D eigenvalue weighted by Gasteiger charge is -2.22. The van der Waals surface area contributed by atoms with Crippen LogP contribution < -0.4 is 10.6 Å². The van der Waals surface area contributed by atoms with Crippen LogP contribution in [-0.4, -0.2) is 33.9 Å². The summed E-state index contributed by atoms with van der Waals surface area (Å²) in [4.78, 5) is 25.4. The minimum absolute atomic E-state index is 0.000417. The molecule has 0 saturated carbocycles. The highest BCUT2D eigenvalue weighted by Gasteiger charge is 2.27. The normalized spacial score (nSPS) is 17.3. The molecule has 0 fully saturated rings. The maximum atomic E-state index is 12.3. The molecule has 2 aromatic heterocycles. The van der Waals surface area contributed by atoms with Crippen LogP contribution in [-0.2, 0) is 17.6 Å². The maximum Gasteiger partial charge on any atom is 0.243 e. The van der Waals surface area contributed by atoms with Crippen molar-refractivity contribution in [3.8, 4) is 0 Å². The molecule has 22 heavy (non-hydrogen) atoms. The minimum atomic E-state index is -0.334. The summed E-state index contributed by atoms with van der Waals surface area (Å²) in [6.07, 6.45) is 4.36. The van der Waals surface area contributed by atoms with Crippen LogP contribution in [0.3, 0.4) is 0 Å². The standard InChI is InChI=1S/C15H21N5OS/c1-9-10(2)22-12(20-9)4-3-6-17-15(21)14-13-11(5-7-16-14)18-8-19-13/h8,14,16H,3-7H2,1-2H3,(H,17,21)(H,18,19)/t14-/m0/s1. The van der Waals surface area contributed by atoms with Gasteiger partial charge in [0, 0.05) is 36.5 Å². The van der Waals surface area contributed by atoms with Crippen LogP contribution in [0.5, 0.6) is 0 Å². The van der Waals surface area contributed by atoms with Crippen LogP contribution in [0.2, 0.25) is 0 Å². The molecular formula is C15H21N5OS. The molecule has 3 rings (SSSR count). The average molecular weight is 319 g/mol. The third kappa shape index (κ3) is 3.20. The smallest absolute Gasteiger partial charge is 0.243 e. The highest BCUT2D eigenvalue weighted by molar-refractivity contribution is 7.11. The summed E-state index contributed by atoms with van der Waals surface area (Å²) >= 11 is 1.74. The number of carbonyl (C=O) groups excluding carboxylic acids is 1. The number of nitrogens with one attached hydrogen (secondary N) is 3. The third-order valence-corrected chi connectivity index (χ3v) is 5.08. The van der Waals surface area contributed by atoms with E-state index < -0.39 is 0 Å². The summed E-state index contributed by atoms with van der Waals surface area (Å²) in [5.41, 5.74) is 3.00. The zero-order valence-corrected chi connectivity index (χ0v) is 13.7. The fraction of sp³-hybridized carbons (Fsp3) is 0.533. The minimum Gasteiger partial charge on any atom is -0.354 e. The Kier molecular flexibility index (Phi) is 4.54. The molecule has 1 amide bonds. The number of aryl methyl sites for hydroxylation is 3. The van der Waals surface area contributed by atoms with Gasteiger partial charge in [0.05, 0.1) is 22.7 Å². The van der Waals surface area contributed by atoms with Crippen molar-refractivity contribution in [2.75, 3.05) is 13.1 Å². The van der Waals surface area contributed by atoms with E-state index in [4.69, 9.17) is 0 Å². The first-order valence-corrected chi connectivity index (χ1v) is 8.43. The summed E-state index contributed by atoms with van der Waals surface area (Å²) in [5, 5.41) is 7.37. The fourth-order valence-electron chi connectivity index (χ4n) is 2.64. The number of fused-ring (bicyclic) bond motifs is 1. The maximum absolute atomic E-state index is 12.3. The number of H-pyrrole nitrogens is 1. The van der Waals surface area contributed by atoms with Crippen LogP contribution in [0.1, 0.15) is 39.4 Å². The molecule has 2 aromatic rings. The Morgan fingerprint density at radius 2 is 2.36 bits per heavy atom. The molecule has 1 atom stereocenters. The number of carbonyl (C=O) groups is 1. The Morgan fingerprint density at radius 1 is 1.50 bits per heavy atom. The Balaban J connectivity index is 1.47. The van der Waals surface area contributed by atoms with Crippen molar-refractivity contribution in [3.63, 3.8) is 0 Å². The Labute approximate surface area is 133 Å². The molecule has 6 nitrogen and oxygen atoms in total. The highest BCUT2D eigenvalue weighted by Crippen LogP contribution is 2.19. The molecule has 0 spiro atoms. The number of aromatic amines is 1. The third-order valence-electron chi connectivity index (χ3n) is 3.95. The van der Waals surface area contributed by atoms with Crippen molar-refractivity contribution < 1.29 is 4.79 Å². The van der Waals surface area contributed by atoms with E-state index in [-0.39, 0.29) is 11.9 Å². The van der Waals surface area contributed by atoms with Gasteiger partial charge in [0.1, 0.15) is 6.04 Å². The van der Waals surface area contributed by atoms with Crippen molar-refractivity contribution >= 4 is 17.2 Å². The first kappa shape index (κ1) is 15.2. The van der Waals surface area contributed by atoms with E-state index in [0.717, 1.165) is 47.9 Å². The second-order valence-electron chi connectivity index (χ2n) is 5.55. The van der Waals surface area contributed by atoms with E-state index in [1.807, 2.05) is 6.92 Å². The molecule has 0 bridgehead atoms. The average Bonchev–Trinajstić information content (AvgIpc) is 3.10. The van der Waals surface area contributed by atoms with Crippen LogP contribution in [0.25, 0.3) is 0 Å². The van der Waals surface area contributed by atoms with E-state index in [9.17, 15) is 4.79 Å². The molecule has 0 unspecified atom stereocenters. The fourth-order valence-corrected chi connectivity index (χ4v) is 3.61. The van der Waals surface area contributed by atoms with E-state index in [1.165, 1.54) is 4.88 Å². The zero-order valence-electron chi connectivity index (χ0n) is 12.9. The molecule has 0 radical (unpaired) electrons. The summed E-state index contributed by atoms with van der Waals surface area (Å²) < 4.78 is 0. The molecule has 3 heterocycles. The van der Waals surface area contributed by atoms with Gasteiger partial charge in [0.2, 0.25) is 5.91 Å². The van der Waals surface area contributed by atoms with Gasteiger partial charge in [-0.3, -0.25) is 4.79 Å². The first-order chi connectivity index (χ1) is 10.6. The number of aromatic nitrogens is 3. The summed E-state index contributed by atoms with van der Waals surface area (Å²) in [6, 6.07) is -0.334. The zero-order chi connectivity index (χ0) is 15.5. The summed E-state index contributed by atoms with van der Waals surface area (Å²) in [7, 11) is 0. The molecule has 7 heteroatoms. The number of amides is 1. The van der Waals surface area contributed by atoms with Gasteiger partial charge in [0.25, 0.3) is 0 Å². The number of nitrogens with zero attached hydrogens (tertiary/aromatic N) is 2. The molecular weight excluding hydrogens is 298 g/mol. The van der Waals surface area contributed by atoms with Gasteiger partial charge in [-0.05, 0) is 20.3 Å². The predicted octanol–water partition coefficient (Wildman–Crippen LogP) is 1.42. The number of rotatable bonds is 5. The SMILES string of the molecule is Cc1nc(CCCNC(=O)[C@H]2NCCc3[nH]cnc32)sc1C. The topological polar surface area (TPSA) is 82.7 Å². The number of imidazole rings is 1. The lowest BCUT2D eigenvalue weighted by molar-refractivity contribution is -0.123. The number of hydrogen-bond donors (Lipinski definition) is 3. The lowest BCUT2D eigenvalue weighted by Crippen LogP contribution is -2.41. The van der Waals surface area contributed by atoms with E-state index in [1.54, 1.807) is 17.7 Å². The lowest BCUT2D eigenvalue weighted by atomic mass is 10.1. The number of hydrogen-bond acceptors (Lipinski definition) is 5. The van der Waals surface area contributed by atoms with Crippen molar-refractivity contribution in [2.24, 2.45) is 0 Å². The molecule has 0 aliphatic carbocycles. The predicted molar refractivity (Wildman–Crippen MR) is 86.0 cm³/mol. The van der Waals surface area contributed by atoms with Crippen LogP contribution in [0.15, 0.2) is 6.33 Å². The van der Waals surface area contributed by atoms with Gasteiger partial charge >= 0.3 is 0 Å². The van der Waals surface area contributed by atoms with Crippen molar-refractivity contribution in [1.82, 2.24) is 25.6 Å². The second kappa shape index (κ2) is 6.58. The Hall–Kier alpha value is -1.73. The van der Waals surface area contributed by atoms with Crippen LogP contribution in [0.4, 0.5) is 0 Å². The molecule has 3 N–H and O–H groups in total.